The van der Waals surface area contributed by atoms with E-state index in [0.29, 0.717) is 0 Å². The van der Waals surface area contributed by atoms with Crippen molar-refractivity contribution < 1.29 is 34.4 Å². The highest BCUT2D eigenvalue weighted by molar-refractivity contribution is 5.91. The monoisotopic (exact) mass is 298 g/mol. The molecule has 7 nitrogen and oxygen atoms in total. The zero-order valence-corrected chi connectivity index (χ0v) is 11.8. The first-order valence-electron chi connectivity index (χ1n) is 7.16. The lowest BCUT2D eigenvalue weighted by atomic mass is 9.47. The topological polar surface area (TPSA) is 113 Å². The average molecular weight is 298 g/mol. The van der Waals surface area contributed by atoms with Crippen molar-refractivity contribution in [1.29, 1.82) is 0 Å². The van der Waals surface area contributed by atoms with E-state index >= 15 is 0 Å². The summed E-state index contributed by atoms with van der Waals surface area (Å²) >= 11 is 0. The zero-order chi connectivity index (χ0) is 15.4. The Bertz CT molecular complexity index is 576. The molecular weight excluding hydrogens is 280 g/mol. The second-order valence-electron chi connectivity index (χ2n) is 7.16. The van der Waals surface area contributed by atoms with Crippen LogP contribution in [-0.4, -0.2) is 57.3 Å². The Labute approximate surface area is 120 Å². The highest BCUT2D eigenvalue weighted by Gasteiger charge is 2.88. The fourth-order valence-electron chi connectivity index (χ4n) is 5.26. The van der Waals surface area contributed by atoms with Crippen LogP contribution in [0.4, 0.5) is 0 Å². The van der Waals surface area contributed by atoms with Crippen molar-refractivity contribution >= 4 is 11.9 Å². The molecule has 6 unspecified atom stereocenters. The molecule has 4 aliphatic rings. The van der Waals surface area contributed by atoms with Crippen LogP contribution in [0.1, 0.15) is 26.7 Å². The quantitative estimate of drug-likeness (QED) is 0.478. The predicted molar refractivity (Wildman–Crippen MR) is 65.7 cm³/mol. The molecule has 21 heavy (non-hydrogen) atoms. The molecule has 3 N–H and O–H groups in total. The largest absolute Gasteiger partial charge is 0.463 e. The molecule has 2 heterocycles. The number of rotatable bonds is 0. The first kappa shape index (κ1) is 13.5. The number of esters is 2. The van der Waals surface area contributed by atoms with Crippen LogP contribution < -0.4 is 0 Å². The number of hydrogen-bond acceptors (Lipinski definition) is 7. The van der Waals surface area contributed by atoms with Gasteiger partial charge in [0.15, 0.2) is 0 Å². The lowest BCUT2D eigenvalue weighted by Gasteiger charge is -2.55. The van der Waals surface area contributed by atoms with Crippen molar-refractivity contribution in [2.45, 2.75) is 50.1 Å². The van der Waals surface area contributed by atoms with Crippen LogP contribution >= 0.6 is 0 Å². The molecule has 116 valence electrons. The number of fused-ring (bicyclic) bond motifs is 4. The Morgan fingerprint density at radius 3 is 2.52 bits per heavy atom. The minimum absolute atomic E-state index is 0.0156. The summed E-state index contributed by atoms with van der Waals surface area (Å²) in [6.07, 6.45) is -2.03. The minimum atomic E-state index is -2.07. The maximum atomic E-state index is 12.5. The third-order valence-electron chi connectivity index (χ3n) is 6.74. The van der Waals surface area contributed by atoms with E-state index in [1.807, 2.05) is 0 Å². The average Bonchev–Trinajstić information content (AvgIpc) is 2.95. The molecule has 0 radical (unpaired) electrons. The number of hydrogen-bond donors (Lipinski definition) is 3. The molecule has 2 aliphatic carbocycles. The van der Waals surface area contributed by atoms with E-state index < -0.39 is 52.1 Å². The van der Waals surface area contributed by atoms with E-state index in [0.717, 1.165) is 0 Å². The van der Waals surface area contributed by atoms with E-state index in [2.05, 4.69) is 0 Å². The second-order valence-corrected chi connectivity index (χ2v) is 7.16. The van der Waals surface area contributed by atoms with Gasteiger partial charge in [-0.3, -0.25) is 4.79 Å². The van der Waals surface area contributed by atoms with Crippen molar-refractivity contribution in [3.8, 4) is 0 Å². The molecule has 7 heteroatoms. The van der Waals surface area contributed by atoms with Crippen LogP contribution in [0.25, 0.3) is 0 Å². The van der Waals surface area contributed by atoms with Gasteiger partial charge in [0.2, 0.25) is 5.60 Å². The zero-order valence-electron chi connectivity index (χ0n) is 11.8. The summed E-state index contributed by atoms with van der Waals surface area (Å²) in [5, 5.41) is 32.5. The lowest BCUT2D eigenvalue weighted by molar-refractivity contribution is -0.240. The molecule has 4 rings (SSSR count). The summed E-state index contributed by atoms with van der Waals surface area (Å²) in [4.78, 5) is 24.6. The van der Waals surface area contributed by atoms with Gasteiger partial charge in [-0.15, -0.1) is 0 Å². The first-order chi connectivity index (χ1) is 9.65. The number of carbonyl (C=O) groups excluding carboxylic acids is 2. The van der Waals surface area contributed by atoms with Crippen molar-refractivity contribution in [1.82, 2.24) is 0 Å². The molecule has 0 aromatic carbocycles. The number of aliphatic hydroxyl groups excluding tert-OH is 1. The number of cyclic esters (lactones) is 1. The van der Waals surface area contributed by atoms with Gasteiger partial charge in [0, 0.05) is 18.8 Å². The summed E-state index contributed by atoms with van der Waals surface area (Å²) in [7, 11) is 0. The maximum Gasteiger partial charge on any atom is 0.342 e. The molecule has 0 amide bonds. The Morgan fingerprint density at radius 1 is 1.19 bits per heavy atom. The summed E-state index contributed by atoms with van der Waals surface area (Å²) < 4.78 is 10.3. The van der Waals surface area contributed by atoms with Crippen LogP contribution in [0.2, 0.25) is 0 Å². The fraction of sp³-hybridized carbons (Fsp3) is 0.857. The summed E-state index contributed by atoms with van der Waals surface area (Å²) in [5.74, 6) is -2.03. The van der Waals surface area contributed by atoms with Gasteiger partial charge in [0.1, 0.15) is 18.1 Å². The van der Waals surface area contributed by atoms with Crippen molar-refractivity contribution in [3.05, 3.63) is 0 Å². The number of aliphatic hydroxyl groups is 3. The molecule has 2 bridgehead atoms. The summed E-state index contributed by atoms with van der Waals surface area (Å²) in [5.41, 5.74) is -6.50. The van der Waals surface area contributed by atoms with Gasteiger partial charge in [-0.1, -0.05) is 6.92 Å². The Balaban J connectivity index is 2.02. The number of ether oxygens (including phenoxy) is 2. The summed E-state index contributed by atoms with van der Waals surface area (Å²) in [6.45, 7) is 3.02. The molecule has 0 aromatic heterocycles. The highest BCUT2D eigenvalue weighted by atomic mass is 16.6. The van der Waals surface area contributed by atoms with E-state index in [-0.39, 0.29) is 19.4 Å². The van der Waals surface area contributed by atoms with Gasteiger partial charge in [-0.05, 0) is 6.92 Å². The molecule has 0 aromatic rings. The normalized spacial score (nSPS) is 61.3. The van der Waals surface area contributed by atoms with Crippen LogP contribution in [0, 0.1) is 16.7 Å². The van der Waals surface area contributed by atoms with Crippen molar-refractivity contribution in [3.63, 3.8) is 0 Å². The lowest BCUT2D eigenvalue weighted by Crippen LogP contribution is -2.73. The molecule has 2 aliphatic heterocycles. The van der Waals surface area contributed by atoms with Crippen LogP contribution in [0.5, 0.6) is 0 Å². The van der Waals surface area contributed by atoms with E-state index in [4.69, 9.17) is 9.47 Å². The molecular formula is C14H18O7. The van der Waals surface area contributed by atoms with E-state index in [9.17, 15) is 24.9 Å². The summed E-state index contributed by atoms with van der Waals surface area (Å²) in [6, 6.07) is 0. The van der Waals surface area contributed by atoms with Gasteiger partial charge < -0.3 is 24.8 Å². The third-order valence-corrected chi connectivity index (χ3v) is 6.74. The molecule has 7 atom stereocenters. The minimum Gasteiger partial charge on any atom is -0.463 e. The Morgan fingerprint density at radius 2 is 1.86 bits per heavy atom. The molecule has 4 fully saturated rings. The second kappa shape index (κ2) is 3.26. The third kappa shape index (κ3) is 0.977. The van der Waals surface area contributed by atoms with Gasteiger partial charge in [-0.25, -0.2) is 4.79 Å². The fourth-order valence-corrected chi connectivity index (χ4v) is 5.26. The van der Waals surface area contributed by atoms with Gasteiger partial charge >= 0.3 is 11.9 Å². The van der Waals surface area contributed by atoms with Gasteiger partial charge in [-0.2, -0.15) is 0 Å². The first-order valence-corrected chi connectivity index (χ1v) is 7.16. The van der Waals surface area contributed by atoms with Crippen molar-refractivity contribution in [2.75, 3.05) is 6.61 Å². The van der Waals surface area contributed by atoms with Crippen LogP contribution in [0.15, 0.2) is 0 Å². The van der Waals surface area contributed by atoms with Gasteiger partial charge in [0.25, 0.3) is 0 Å². The Hall–Kier alpha value is -1.18. The highest BCUT2D eigenvalue weighted by Crippen LogP contribution is 2.72. The molecule has 1 spiro atoms. The smallest absolute Gasteiger partial charge is 0.342 e. The maximum absolute atomic E-state index is 12.5. The molecule has 2 saturated heterocycles. The van der Waals surface area contributed by atoms with Crippen LogP contribution in [-0.2, 0) is 19.1 Å². The SMILES string of the molecule is CC1C(O)C[C@]2(O)C13CC(OC3=O)C1(O)C(=O)OCC12C. The van der Waals surface area contributed by atoms with E-state index in [1.54, 1.807) is 6.92 Å². The van der Waals surface area contributed by atoms with Crippen molar-refractivity contribution in [2.24, 2.45) is 16.7 Å². The number of carbonyl (C=O) groups is 2. The standard InChI is InChI=1S/C14H18O7/c1-6-7(15)3-13(18)11(2)5-20-10(17)14(11,19)8-4-12(6,13)9(16)21-8/h6-8,15,18-19H,3-5H2,1-2H3/t6?,7?,8?,11?,12?,13-,14?/m1/s1. The van der Waals surface area contributed by atoms with Crippen LogP contribution in [0.3, 0.4) is 0 Å². The van der Waals surface area contributed by atoms with E-state index in [1.165, 1.54) is 6.92 Å². The molecule has 2 saturated carbocycles. The predicted octanol–water partition coefficient (Wildman–Crippen LogP) is -1.27. The van der Waals surface area contributed by atoms with Gasteiger partial charge in [0.05, 0.1) is 17.1 Å². The Kier molecular flexibility index (Phi) is 2.09.